The van der Waals surface area contributed by atoms with Gasteiger partial charge in [-0.05, 0) is 31.0 Å². The first-order valence-corrected chi connectivity index (χ1v) is 10.1. The summed E-state index contributed by atoms with van der Waals surface area (Å²) in [4.78, 5) is 2.23. The number of para-hydroxylation sites is 1. The van der Waals surface area contributed by atoms with E-state index in [0.29, 0.717) is 17.1 Å². The summed E-state index contributed by atoms with van der Waals surface area (Å²) >= 11 is 2.96. The van der Waals surface area contributed by atoms with Gasteiger partial charge in [0.05, 0.1) is 10.6 Å². The van der Waals surface area contributed by atoms with Gasteiger partial charge in [-0.2, -0.15) is 0 Å². The molecule has 0 saturated carbocycles. The molecular formula is C14H18N2O2S3. The molecule has 0 fully saturated rings. The van der Waals surface area contributed by atoms with Crippen LogP contribution in [-0.2, 0) is 16.6 Å². The zero-order valence-electron chi connectivity index (χ0n) is 11.9. The van der Waals surface area contributed by atoms with Crippen molar-refractivity contribution in [3.63, 3.8) is 0 Å². The minimum absolute atomic E-state index is 0.316. The Morgan fingerprint density at radius 2 is 2.05 bits per heavy atom. The summed E-state index contributed by atoms with van der Waals surface area (Å²) in [6.07, 6.45) is 1.92. The SMILES string of the molecule is CCNCc1cc(S(=O)(=O)Nc2ccccc2SC)cs1. The van der Waals surface area contributed by atoms with Gasteiger partial charge in [0.15, 0.2) is 0 Å². The van der Waals surface area contributed by atoms with E-state index in [0.717, 1.165) is 16.3 Å². The lowest BCUT2D eigenvalue weighted by molar-refractivity contribution is 0.601. The van der Waals surface area contributed by atoms with Crippen molar-refractivity contribution in [1.82, 2.24) is 5.32 Å². The van der Waals surface area contributed by atoms with Gasteiger partial charge in [-0.25, -0.2) is 8.42 Å². The molecule has 2 aromatic rings. The van der Waals surface area contributed by atoms with Crippen LogP contribution < -0.4 is 10.0 Å². The molecule has 0 radical (unpaired) electrons. The average molecular weight is 343 g/mol. The molecule has 0 unspecified atom stereocenters. The van der Waals surface area contributed by atoms with E-state index >= 15 is 0 Å². The van der Waals surface area contributed by atoms with Crippen LogP contribution in [0.2, 0.25) is 0 Å². The molecule has 0 aliphatic rings. The average Bonchev–Trinajstić information content (AvgIpc) is 2.95. The van der Waals surface area contributed by atoms with Crippen molar-refractivity contribution in [3.8, 4) is 0 Å². The van der Waals surface area contributed by atoms with Crippen LogP contribution in [0.4, 0.5) is 5.69 Å². The lowest BCUT2D eigenvalue weighted by atomic mass is 10.3. The zero-order valence-corrected chi connectivity index (χ0v) is 14.4. The van der Waals surface area contributed by atoms with E-state index < -0.39 is 10.0 Å². The Kier molecular flexibility index (Phi) is 5.69. The topological polar surface area (TPSA) is 58.2 Å². The number of hydrogen-bond donors (Lipinski definition) is 2. The number of rotatable bonds is 7. The summed E-state index contributed by atoms with van der Waals surface area (Å²) < 4.78 is 27.5. The highest BCUT2D eigenvalue weighted by molar-refractivity contribution is 7.99. The number of thiophene rings is 1. The lowest BCUT2D eigenvalue weighted by Crippen LogP contribution is -2.13. The monoisotopic (exact) mass is 342 g/mol. The normalized spacial score (nSPS) is 11.5. The van der Waals surface area contributed by atoms with Gasteiger partial charge in [0.25, 0.3) is 10.0 Å². The predicted molar refractivity (Wildman–Crippen MR) is 90.7 cm³/mol. The van der Waals surface area contributed by atoms with E-state index in [9.17, 15) is 8.42 Å². The Morgan fingerprint density at radius 1 is 1.29 bits per heavy atom. The van der Waals surface area contributed by atoms with Crippen molar-refractivity contribution in [2.24, 2.45) is 0 Å². The van der Waals surface area contributed by atoms with Crippen molar-refractivity contribution in [3.05, 3.63) is 40.6 Å². The van der Waals surface area contributed by atoms with Gasteiger partial charge in [-0.15, -0.1) is 23.1 Å². The summed E-state index contributed by atoms with van der Waals surface area (Å²) in [6, 6.07) is 9.10. The highest BCUT2D eigenvalue weighted by Gasteiger charge is 2.17. The van der Waals surface area contributed by atoms with E-state index in [-0.39, 0.29) is 0 Å². The third kappa shape index (κ3) is 4.23. The second-order valence-electron chi connectivity index (χ2n) is 4.33. The Balaban J connectivity index is 2.20. The van der Waals surface area contributed by atoms with Crippen LogP contribution in [0.5, 0.6) is 0 Å². The fourth-order valence-electron chi connectivity index (χ4n) is 1.77. The summed E-state index contributed by atoms with van der Waals surface area (Å²) in [7, 11) is -3.53. The molecule has 7 heteroatoms. The Hall–Kier alpha value is -1.02. The van der Waals surface area contributed by atoms with Crippen LogP contribution in [0.3, 0.4) is 0 Å². The fourth-order valence-corrected chi connectivity index (χ4v) is 4.72. The summed E-state index contributed by atoms with van der Waals surface area (Å²) in [5.41, 5.74) is 0.615. The molecule has 1 aromatic carbocycles. The highest BCUT2D eigenvalue weighted by atomic mass is 32.2. The number of benzene rings is 1. The van der Waals surface area contributed by atoms with Gasteiger partial charge < -0.3 is 5.32 Å². The van der Waals surface area contributed by atoms with Gasteiger partial charge >= 0.3 is 0 Å². The van der Waals surface area contributed by atoms with Crippen molar-refractivity contribution in [2.45, 2.75) is 23.3 Å². The standard InChI is InChI=1S/C14H18N2O2S3/c1-3-15-9-11-8-12(10-20-11)21(17,18)16-13-6-4-5-7-14(13)19-2/h4-8,10,15-16H,3,9H2,1-2H3. The van der Waals surface area contributed by atoms with Crippen LogP contribution in [0.15, 0.2) is 45.5 Å². The van der Waals surface area contributed by atoms with E-state index in [1.165, 1.54) is 23.1 Å². The molecule has 0 atom stereocenters. The number of hydrogen-bond acceptors (Lipinski definition) is 5. The molecule has 0 aliphatic carbocycles. The van der Waals surface area contributed by atoms with Crippen LogP contribution >= 0.6 is 23.1 Å². The Labute approximate surface area is 134 Å². The van der Waals surface area contributed by atoms with Crippen molar-refractivity contribution < 1.29 is 8.42 Å². The molecule has 0 aliphatic heterocycles. The van der Waals surface area contributed by atoms with E-state index in [4.69, 9.17) is 0 Å². The zero-order chi connectivity index (χ0) is 15.3. The Morgan fingerprint density at radius 3 is 2.76 bits per heavy atom. The van der Waals surface area contributed by atoms with Crippen molar-refractivity contribution in [2.75, 3.05) is 17.5 Å². The third-order valence-electron chi connectivity index (χ3n) is 2.84. The Bertz CT molecular complexity index is 696. The third-order valence-corrected chi connectivity index (χ3v) is 6.07. The molecule has 2 rings (SSSR count). The number of thioether (sulfide) groups is 1. The number of nitrogens with one attached hydrogen (secondary N) is 2. The van der Waals surface area contributed by atoms with Gasteiger partial charge in [-0.1, -0.05) is 19.1 Å². The van der Waals surface area contributed by atoms with E-state index in [2.05, 4.69) is 10.0 Å². The molecular weight excluding hydrogens is 324 g/mol. The maximum Gasteiger partial charge on any atom is 0.262 e. The minimum atomic E-state index is -3.53. The first-order chi connectivity index (χ1) is 10.1. The smallest absolute Gasteiger partial charge is 0.262 e. The largest absolute Gasteiger partial charge is 0.312 e. The molecule has 0 bridgehead atoms. The van der Waals surface area contributed by atoms with Gasteiger partial charge in [0.2, 0.25) is 0 Å². The number of sulfonamides is 1. The minimum Gasteiger partial charge on any atom is -0.312 e. The second kappa shape index (κ2) is 7.31. The molecule has 1 heterocycles. The van der Waals surface area contributed by atoms with Crippen molar-refractivity contribution >= 4 is 38.8 Å². The maximum absolute atomic E-state index is 12.4. The second-order valence-corrected chi connectivity index (χ2v) is 7.86. The molecule has 2 N–H and O–H groups in total. The van der Waals surface area contributed by atoms with Crippen LogP contribution in [-0.4, -0.2) is 21.2 Å². The molecule has 4 nitrogen and oxygen atoms in total. The fraction of sp³-hybridized carbons (Fsp3) is 0.286. The maximum atomic E-state index is 12.4. The van der Waals surface area contributed by atoms with Crippen LogP contribution in [0.1, 0.15) is 11.8 Å². The summed E-state index contributed by atoms with van der Waals surface area (Å²) in [6.45, 7) is 3.57. The summed E-state index contributed by atoms with van der Waals surface area (Å²) in [5, 5.41) is 4.87. The molecule has 114 valence electrons. The molecule has 0 amide bonds. The van der Waals surface area contributed by atoms with E-state index in [1.807, 2.05) is 31.4 Å². The van der Waals surface area contributed by atoms with Crippen LogP contribution in [0.25, 0.3) is 0 Å². The highest BCUT2D eigenvalue weighted by Crippen LogP contribution is 2.28. The molecule has 0 saturated heterocycles. The first-order valence-electron chi connectivity index (χ1n) is 6.50. The molecule has 1 aromatic heterocycles. The first kappa shape index (κ1) is 16.4. The quantitative estimate of drug-likeness (QED) is 0.757. The number of anilines is 1. The predicted octanol–water partition coefficient (Wildman–Crippen LogP) is 3.38. The van der Waals surface area contributed by atoms with Gasteiger partial charge in [0, 0.05) is 21.7 Å². The van der Waals surface area contributed by atoms with Gasteiger partial charge in [-0.3, -0.25) is 4.72 Å². The lowest BCUT2D eigenvalue weighted by Gasteiger charge is -2.10. The van der Waals surface area contributed by atoms with Crippen molar-refractivity contribution in [1.29, 1.82) is 0 Å². The van der Waals surface area contributed by atoms with Gasteiger partial charge in [0.1, 0.15) is 0 Å². The summed E-state index contributed by atoms with van der Waals surface area (Å²) in [5.74, 6) is 0. The van der Waals surface area contributed by atoms with E-state index in [1.54, 1.807) is 17.5 Å². The molecule has 21 heavy (non-hydrogen) atoms. The van der Waals surface area contributed by atoms with Crippen LogP contribution in [0, 0.1) is 0 Å². The molecule has 0 spiro atoms.